The van der Waals surface area contributed by atoms with Crippen molar-refractivity contribution in [1.82, 2.24) is 0 Å². The summed E-state index contributed by atoms with van der Waals surface area (Å²) in [4.78, 5) is 0. The molecule has 0 aliphatic heterocycles. The molecule has 16 heavy (non-hydrogen) atoms. The molecule has 0 aromatic heterocycles. The smallest absolute Gasteiger partial charge is 0.141 e. The minimum atomic E-state index is -1.56. The second-order valence-corrected chi connectivity index (χ2v) is 24.1. The summed E-state index contributed by atoms with van der Waals surface area (Å²) >= 11 is 6.74. The Morgan fingerprint density at radius 2 is 1.69 bits per heavy atom. The van der Waals surface area contributed by atoms with Gasteiger partial charge in [0.25, 0.3) is 0 Å². The maximum absolute atomic E-state index is 6.74. The molecule has 1 aliphatic rings. The van der Waals surface area contributed by atoms with Crippen LogP contribution in [0.25, 0.3) is 6.08 Å². The number of fused-ring (bicyclic) bond motifs is 1. The van der Waals surface area contributed by atoms with Gasteiger partial charge in [-0.1, -0.05) is 62.6 Å². The van der Waals surface area contributed by atoms with Crippen LogP contribution in [0.15, 0.2) is 30.3 Å². The summed E-state index contributed by atoms with van der Waals surface area (Å²) in [6.07, 6.45) is 4.65. The van der Waals surface area contributed by atoms with E-state index in [0.717, 1.165) is 0 Å². The molecule has 1 aliphatic carbocycles. The van der Waals surface area contributed by atoms with Gasteiger partial charge >= 0.3 is 0 Å². The maximum atomic E-state index is 6.74. The van der Waals surface area contributed by atoms with Crippen molar-refractivity contribution in [3.05, 3.63) is 41.5 Å². The van der Waals surface area contributed by atoms with E-state index >= 15 is 0 Å². The molecular weight excluding hydrogens is 248 g/mol. The van der Waals surface area contributed by atoms with E-state index < -0.39 is 14.5 Å². The number of hydrogen-bond acceptors (Lipinski definition) is 0. The third-order valence-electron chi connectivity index (χ3n) is 4.11. The summed E-state index contributed by atoms with van der Waals surface area (Å²) in [5.74, 6) is 0. The van der Waals surface area contributed by atoms with Gasteiger partial charge in [0.1, 0.15) is 6.90 Å². The van der Waals surface area contributed by atoms with Crippen molar-refractivity contribution in [3.63, 3.8) is 0 Å². The van der Waals surface area contributed by atoms with Crippen LogP contribution in [0.3, 0.4) is 0 Å². The van der Waals surface area contributed by atoms with Crippen LogP contribution >= 0.6 is 11.1 Å². The molecule has 0 N–H and O–H groups in total. The number of hydrogen-bond donors (Lipinski definition) is 0. The predicted octanol–water partition coefficient (Wildman–Crippen LogP) is 4.57. The molecule has 0 nitrogen and oxygen atoms in total. The van der Waals surface area contributed by atoms with E-state index in [1.54, 1.807) is 0 Å². The van der Waals surface area contributed by atoms with Gasteiger partial charge < -0.3 is 0 Å². The van der Waals surface area contributed by atoms with Crippen molar-refractivity contribution in [2.45, 2.75) is 31.7 Å². The molecule has 0 radical (unpaired) electrons. The van der Waals surface area contributed by atoms with Gasteiger partial charge in [-0.3, -0.25) is 0 Å². The molecule has 0 saturated heterocycles. The van der Waals surface area contributed by atoms with Gasteiger partial charge in [-0.25, -0.2) is 0 Å². The Balaban J connectivity index is 2.43. The second-order valence-electron chi connectivity index (χ2n) is 5.66. The van der Waals surface area contributed by atoms with Crippen LogP contribution in [0.4, 0.5) is 0 Å². The zero-order chi connectivity index (χ0) is 12.0. The standard InChI is InChI=1S/C13H19ClSi2/c1-15(2,16(3,4)14)13-10-9-11-7-5-6-8-12(11)13/h5-10,13H,1-4H3. The molecule has 1 aromatic carbocycles. The topological polar surface area (TPSA) is 0 Å². The van der Waals surface area contributed by atoms with Crippen molar-refractivity contribution < 1.29 is 0 Å². The molecule has 0 spiro atoms. The third-order valence-corrected chi connectivity index (χ3v) is 23.7. The van der Waals surface area contributed by atoms with E-state index in [4.69, 9.17) is 11.1 Å². The summed E-state index contributed by atoms with van der Waals surface area (Å²) in [7, 11) is -1.41. The lowest BCUT2D eigenvalue weighted by atomic mass is 10.1. The van der Waals surface area contributed by atoms with E-state index in [9.17, 15) is 0 Å². The average molecular weight is 267 g/mol. The van der Waals surface area contributed by atoms with Crippen LogP contribution in [-0.2, 0) is 0 Å². The highest BCUT2D eigenvalue weighted by atomic mass is 35.6. The first kappa shape index (κ1) is 12.1. The van der Waals surface area contributed by atoms with E-state index in [-0.39, 0.29) is 0 Å². The van der Waals surface area contributed by atoms with E-state index in [0.29, 0.717) is 5.54 Å². The van der Waals surface area contributed by atoms with Crippen LogP contribution < -0.4 is 0 Å². The largest absolute Gasteiger partial charge is 0.171 e. The highest BCUT2D eigenvalue weighted by Gasteiger charge is 2.46. The molecule has 3 heteroatoms. The molecule has 0 fully saturated rings. The van der Waals surface area contributed by atoms with Crippen LogP contribution in [0.5, 0.6) is 0 Å². The molecule has 1 aromatic rings. The SMILES string of the molecule is C[Si](C)(Cl)[Si](C)(C)C1C=Cc2ccccc21. The Morgan fingerprint density at radius 3 is 2.31 bits per heavy atom. The van der Waals surface area contributed by atoms with Crippen LogP contribution in [0.1, 0.15) is 16.7 Å². The molecule has 2 rings (SSSR count). The number of allylic oxidation sites excluding steroid dienone is 1. The molecule has 1 atom stereocenters. The fourth-order valence-electron chi connectivity index (χ4n) is 2.25. The van der Waals surface area contributed by atoms with Gasteiger partial charge in [0, 0.05) is 0 Å². The van der Waals surface area contributed by atoms with Crippen molar-refractivity contribution in [3.8, 4) is 0 Å². The first-order valence-electron chi connectivity index (χ1n) is 5.80. The Kier molecular flexibility index (Phi) is 2.93. The highest BCUT2D eigenvalue weighted by Crippen LogP contribution is 2.41. The average Bonchev–Trinajstić information content (AvgIpc) is 2.59. The Labute approximate surface area is 105 Å². The minimum Gasteiger partial charge on any atom is -0.171 e. The molecule has 0 saturated carbocycles. The van der Waals surface area contributed by atoms with Gasteiger partial charge in [-0.2, -0.15) is 11.1 Å². The predicted molar refractivity (Wildman–Crippen MR) is 79.0 cm³/mol. The fourth-order valence-corrected chi connectivity index (χ4v) is 8.64. The minimum absolute atomic E-state index is 0.614. The Morgan fingerprint density at radius 1 is 1.06 bits per heavy atom. The Hall–Kier alpha value is -0.316. The van der Waals surface area contributed by atoms with Crippen LogP contribution in [-0.4, -0.2) is 14.5 Å². The van der Waals surface area contributed by atoms with Crippen LogP contribution in [0.2, 0.25) is 26.2 Å². The monoisotopic (exact) mass is 266 g/mol. The lowest BCUT2D eigenvalue weighted by molar-refractivity contribution is 1.18. The maximum Gasteiger partial charge on any atom is 0.141 e. The lowest BCUT2D eigenvalue weighted by Gasteiger charge is -2.38. The van der Waals surface area contributed by atoms with E-state index in [1.807, 2.05) is 0 Å². The van der Waals surface area contributed by atoms with Crippen molar-refractivity contribution >= 4 is 31.6 Å². The first-order chi connectivity index (χ1) is 7.34. The second kappa shape index (κ2) is 3.86. The molecule has 0 bridgehead atoms. The van der Waals surface area contributed by atoms with Gasteiger partial charge in [0.15, 0.2) is 0 Å². The number of benzene rings is 1. The normalized spacial score (nSPS) is 19.9. The van der Waals surface area contributed by atoms with Crippen molar-refractivity contribution in [2.75, 3.05) is 0 Å². The summed E-state index contributed by atoms with van der Waals surface area (Å²) in [5.41, 5.74) is 3.51. The van der Waals surface area contributed by atoms with Crippen molar-refractivity contribution in [1.29, 1.82) is 0 Å². The summed E-state index contributed by atoms with van der Waals surface area (Å²) in [6, 6.07) is 8.74. The lowest BCUT2D eigenvalue weighted by Crippen LogP contribution is -2.54. The first-order valence-corrected chi connectivity index (χ1v) is 13.9. The highest BCUT2D eigenvalue weighted by molar-refractivity contribution is 7.58. The fraction of sp³-hybridized carbons (Fsp3) is 0.385. The Bertz CT molecular complexity index is 430. The van der Waals surface area contributed by atoms with Gasteiger partial charge in [0.2, 0.25) is 0 Å². The van der Waals surface area contributed by atoms with Crippen LogP contribution in [0, 0.1) is 0 Å². The van der Waals surface area contributed by atoms with E-state index in [1.165, 1.54) is 11.1 Å². The summed E-state index contributed by atoms with van der Waals surface area (Å²) in [6.45, 7) is 7.94. The zero-order valence-electron chi connectivity index (χ0n) is 10.4. The van der Waals surface area contributed by atoms with E-state index in [2.05, 4.69) is 62.6 Å². The third kappa shape index (κ3) is 1.83. The number of halogens is 1. The molecule has 86 valence electrons. The summed E-state index contributed by atoms with van der Waals surface area (Å²) in [5, 5.41) is 0. The van der Waals surface area contributed by atoms with Gasteiger partial charge in [0.05, 0.1) is 7.59 Å². The molecule has 0 amide bonds. The molecule has 1 unspecified atom stereocenters. The van der Waals surface area contributed by atoms with Gasteiger partial charge in [-0.15, -0.1) is 0 Å². The quantitative estimate of drug-likeness (QED) is 0.544. The van der Waals surface area contributed by atoms with Gasteiger partial charge in [-0.05, 0) is 16.7 Å². The molecule has 0 heterocycles. The zero-order valence-corrected chi connectivity index (χ0v) is 13.2. The summed E-state index contributed by atoms with van der Waals surface area (Å²) < 4.78 is 0. The number of rotatable bonds is 2. The van der Waals surface area contributed by atoms with Crippen molar-refractivity contribution in [2.24, 2.45) is 0 Å². The molecular formula is C13H19ClSi2.